The molecule has 1 amide bonds. The SMILES string of the molecule is C=C(C)[C@@H]1c2ccc(C(=O)N[C@@H](CCO)c3ccc(S(=O)(=O)CC)cc3)cc2CN1CC1CCC(C(F)(F)F)CC1. The first-order valence-corrected chi connectivity index (χ1v) is 15.8. The van der Waals surface area contributed by atoms with Gasteiger partial charge in [-0.3, -0.25) is 9.69 Å². The van der Waals surface area contributed by atoms with Crippen molar-refractivity contribution in [2.75, 3.05) is 18.9 Å². The molecule has 2 aliphatic rings. The number of benzene rings is 2. The molecule has 1 heterocycles. The number of nitrogens with zero attached hydrogens (tertiary/aromatic N) is 1. The quantitative estimate of drug-likeness (QED) is 0.324. The predicted octanol–water partition coefficient (Wildman–Crippen LogP) is 6.14. The number of amides is 1. The Bertz CT molecular complexity index is 1350. The van der Waals surface area contributed by atoms with E-state index >= 15 is 0 Å². The van der Waals surface area contributed by atoms with Gasteiger partial charge in [0.05, 0.1) is 28.6 Å². The van der Waals surface area contributed by atoms with Gasteiger partial charge in [-0.1, -0.05) is 37.3 Å². The summed E-state index contributed by atoms with van der Waals surface area (Å²) >= 11 is 0. The summed E-state index contributed by atoms with van der Waals surface area (Å²) in [6.45, 7) is 8.80. The van der Waals surface area contributed by atoms with E-state index in [1.165, 1.54) is 12.1 Å². The summed E-state index contributed by atoms with van der Waals surface area (Å²) in [6, 6.07) is 11.3. The largest absolute Gasteiger partial charge is 0.396 e. The molecule has 224 valence electrons. The van der Waals surface area contributed by atoms with Gasteiger partial charge in [0, 0.05) is 25.3 Å². The summed E-state index contributed by atoms with van der Waals surface area (Å²) < 4.78 is 63.7. The van der Waals surface area contributed by atoms with Gasteiger partial charge < -0.3 is 10.4 Å². The Labute approximate surface area is 240 Å². The highest BCUT2D eigenvalue weighted by atomic mass is 32.2. The fourth-order valence-corrected chi connectivity index (χ4v) is 7.06. The molecule has 10 heteroatoms. The maximum Gasteiger partial charge on any atom is 0.391 e. The molecule has 2 aromatic rings. The van der Waals surface area contributed by atoms with Crippen LogP contribution in [0.2, 0.25) is 0 Å². The van der Waals surface area contributed by atoms with Crippen molar-refractivity contribution in [3.8, 4) is 0 Å². The minimum Gasteiger partial charge on any atom is -0.396 e. The molecule has 0 aromatic heterocycles. The molecule has 1 aliphatic carbocycles. The maximum absolute atomic E-state index is 13.3. The number of carbonyl (C=O) groups is 1. The van der Waals surface area contributed by atoms with Gasteiger partial charge in [0.2, 0.25) is 0 Å². The van der Waals surface area contributed by atoms with Gasteiger partial charge in [-0.05, 0) is 85.9 Å². The highest BCUT2D eigenvalue weighted by molar-refractivity contribution is 7.91. The molecule has 1 aliphatic heterocycles. The van der Waals surface area contributed by atoms with Crippen LogP contribution in [0.25, 0.3) is 0 Å². The third-order valence-corrected chi connectivity index (χ3v) is 10.2. The standard InChI is InChI=1S/C31H39F3N2O4S/c1-4-41(39,40)26-12-7-22(8-13-26)28(15-16-37)35-30(38)23-9-14-27-24(17-23)19-36(29(27)20(2)3)18-21-5-10-25(11-6-21)31(32,33)34/h7-9,12-14,17,21,25,28-29,37H,2,4-6,10-11,15-16,18-19H2,1,3H3,(H,35,38)/t21?,25?,28-,29+/m0/s1. The van der Waals surface area contributed by atoms with E-state index in [1.54, 1.807) is 25.1 Å². The van der Waals surface area contributed by atoms with Gasteiger partial charge in [0.25, 0.3) is 5.91 Å². The summed E-state index contributed by atoms with van der Waals surface area (Å²) in [6.07, 6.45) is -2.43. The summed E-state index contributed by atoms with van der Waals surface area (Å²) in [7, 11) is -3.35. The molecule has 41 heavy (non-hydrogen) atoms. The van der Waals surface area contributed by atoms with Crippen LogP contribution in [0.15, 0.2) is 59.5 Å². The number of hydrogen-bond donors (Lipinski definition) is 2. The van der Waals surface area contributed by atoms with Crippen molar-refractivity contribution in [3.63, 3.8) is 0 Å². The van der Waals surface area contributed by atoms with Crippen LogP contribution in [-0.2, 0) is 16.4 Å². The van der Waals surface area contributed by atoms with E-state index in [0.29, 0.717) is 37.1 Å². The summed E-state index contributed by atoms with van der Waals surface area (Å²) in [4.78, 5) is 15.8. The maximum atomic E-state index is 13.3. The van der Waals surface area contributed by atoms with Gasteiger partial charge >= 0.3 is 6.18 Å². The highest BCUT2D eigenvalue weighted by Gasteiger charge is 2.42. The number of nitrogens with one attached hydrogen (secondary N) is 1. The van der Waals surface area contributed by atoms with Gasteiger partial charge in [-0.15, -0.1) is 0 Å². The van der Waals surface area contributed by atoms with Gasteiger partial charge in [0.1, 0.15) is 0 Å². The average molecular weight is 593 g/mol. The third kappa shape index (κ3) is 7.21. The van der Waals surface area contributed by atoms with Crippen molar-refractivity contribution < 1.29 is 31.5 Å². The van der Waals surface area contributed by atoms with Crippen molar-refractivity contribution in [2.45, 2.75) is 75.7 Å². The lowest BCUT2D eigenvalue weighted by Gasteiger charge is -2.34. The fraction of sp³-hybridized carbons (Fsp3) is 0.516. The van der Waals surface area contributed by atoms with E-state index in [1.807, 2.05) is 19.1 Å². The number of aliphatic hydroxyl groups is 1. The van der Waals surface area contributed by atoms with E-state index in [2.05, 4.69) is 16.8 Å². The zero-order valence-corrected chi connectivity index (χ0v) is 24.4. The molecular formula is C31H39F3N2O4S. The minimum absolute atomic E-state index is 0.00960. The first-order chi connectivity index (χ1) is 19.3. The minimum atomic E-state index is -4.12. The molecule has 0 bridgehead atoms. The first-order valence-electron chi connectivity index (χ1n) is 14.2. The highest BCUT2D eigenvalue weighted by Crippen LogP contribution is 2.43. The monoisotopic (exact) mass is 592 g/mol. The molecule has 0 spiro atoms. The number of hydrogen-bond acceptors (Lipinski definition) is 5. The van der Waals surface area contributed by atoms with Crippen LogP contribution >= 0.6 is 0 Å². The zero-order chi connectivity index (χ0) is 29.9. The van der Waals surface area contributed by atoms with Crippen LogP contribution in [0.1, 0.15) is 85.1 Å². The van der Waals surface area contributed by atoms with Crippen LogP contribution in [0, 0.1) is 11.8 Å². The number of halogens is 3. The first kappa shape index (κ1) is 31.3. The molecule has 0 saturated heterocycles. The molecule has 1 fully saturated rings. The second-order valence-corrected chi connectivity index (χ2v) is 13.6. The Morgan fingerprint density at radius 2 is 1.78 bits per heavy atom. The Morgan fingerprint density at radius 3 is 2.34 bits per heavy atom. The van der Waals surface area contributed by atoms with Crippen LogP contribution in [-0.4, -0.2) is 49.4 Å². The third-order valence-electron chi connectivity index (χ3n) is 8.45. The molecule has 2 aromatic carbocycles. The van der Waals surface area contributed by atoms with E-state index in [4.69, 9.17) is 0 Å². The van der Waals surface area contributed by atoms with Crippen molar-refractivity contribution in [1.82, 2.24) is 10.2 Å². The zero-order valence-electron chi connectivity index (χ0n) is 23.6. The second kappa shape index (κ2) is 12.7. The molecule has 1 saturated carbocycles. The molecule has 0 radical (unpaired) electrons. The lowest BCUT2D eigenvalue weighted by Crippen LogP contribution is -2.34. The topological polar surface area (TPSA) is 86.7 Å². The number of fused-ring (bicyclic) bond motifs is 1. The van der Waals surface area contributed by atoms with Crippen LogP contribution in [0.4, 0.5) is 13.2 Å². The number of alkyl halides is 3. The normalized spacial score (nSPS) is 22.2. The molecule has 0 unspecified atom stereocenters. The molecular weight excluding hydrogens is 553 g/mol. The lowest BCUT2D eigenvalue weighted by molar-refractivity contribution is -0.184. The van der Waals surface area contributed by atoms with Crippen LogP contribution in [0.5, 0.6) is 0 Å². The average Bonchev–Trinajstić information content (AvgIpc) is 3.30. The Morgan fingerprint density at radius 1 is 1.12 bits per heavy atom. The number of carbonyl (C=O) groups excluding carboxylic acids is 1. The van der Waals surface area contributed by atoms with E-state index in [0.717, 1.165) is 16.7 Å². The van der Waals surface area contributed by atoms with Crippen molar-refractivity contribution >= 4 is 15.7 Å². The van der Waals surface area contributed by atoms with Gasteiger partial charge in [-0.2, -0.15) is 13.2 Å². The summed E-state index contributed by atoms with van der Waals surface area (Å²) in [5.41, 5.74) is 4.14. The van der Waals surface area contributed by atoms with Gasteiger partial charge in [-0.25, -0.2) is 8.42 Å². The molecule has 6 nitrogen and oxygen atoms in total. The summed E-state index contributed by atoms with van der Waals surface area (Å²) in [5, 5.41) is 12.6. The van der Waals surface area contributed by atoms with Crippen LogP contribution < -0.4 is 5.32 Å². The number of rotatable bonds is 10. The second-order valence-electron chi connectivity index (χ2n) is 11.4. The Hall–Kier alpha value is -2.69. The fourth-order valence-electron chi connectivity index (χ4n) is 6.18. The molecule has 4 rings (SSSR count). The number of aliphatic hydroxyl groups excluding tert-OH is 1. The summed E-state index contributed by atoms with van der Waals surface area (Å²) in [5.74, 6) is -1.34. The van der Waals surface area contributed by atoms with Crippen molar-refractivity contribution in [2.24, 2.45) is 11.8 Å². The van der Waals surface area contributed by atoms with Crippen molar-refractivity contribution in [3.05, 3.63) is 76.9 Å². The predicted molar refractivity (Wildman–Crippen MR) is 152 cm³/mol. The van der Waals surface area contributed by atoms with Crippen molar-refractivity contribution in [1.29, 1.82) is 0 Å². The van der Waals surface area contributed by atoms with E-state index in [9.17, 15) is 31.5 Å². The smallest absolute Gasteiger partial charge is 0.391 e. The Kier molecular flexibility index (Phi) is 9.66. The van der Waals surface area contributed by atoms with Crippen LogP contribution in [0.3, 0.4) is 0 Å². The number of sulfone groups is 1. The van der Waals surface area contributed by atoms with E-state index < -0.39 is 28.0 Å². The van der Waals surface area contributed by atoms with E-state index in [-0.39, 0.29) is 54.4 Å². The van der Waals surface area contributed by atoms with Gasteiger partial charge in [0.15, 0.2) is 9.84 Å². The lowest BCUT2D eigenvalue weighted by atomic mass is 9.81. The molecule has 2 atom stereocenters. The molecule has 2 N–H and O–H groups in total. The Balaban J connectivity index is 1.46.